The molecule has 6 nitrogen and oxygen atoms in total. The van der Waals surface area contributed by atoms with Crippen molar-refractivity contribution in [1.29, 1.82) is 0 Å². The van der Waals surface area contributed by atoms with Crippen molar-refractivity contribution in [3.05, 3.63) is 53.6 Å². The molecule has 2 N–H and O–H groups in total. The van der Waals surface area contributed by atoms with Gasteiger partial charge >= 0.3 is 5.97 Å². The first-order chi connectivity index (χ1) is 23.0. The third-order valence-corrected chi connectivity index (χ3v) is 16.1. The fraction of sp³-hybridized carbons (Fsp3) is 0.698. The van der Waals surface area contributed by atoms with Gasteiger partial charge in [0.1, 0.15) is 0 Å². The molecule has 49 heavy (non-hydrogen) atoms. The van der Waals surface area contributed by atoms with Crippen LogP contribution in [0.3, 0.4) is 0 Å². The molecule has 5 aliphatic rings. The molecule has 6 heteroatoms. The summed E-state index contributed by atoms with van der Waals surface area (Å²) in [7, 11) is 1.80. The van der Waals surface area contributed by atoms with Gasteiger partial charge in [-0.3, -0.25) is 9.59 Å². The lowest BCUT2D eigenvalue weighted by atomic mass is 9.31. The molecule has 6 rings (SSSR count). The van der Waals surface area contributed by atoms with Crippen molar-refractivity contribution in [3.63, 3.8) is 0 Å². The third-order valence-electron chi connectivity index (χ3n) is 16.1. The van der Waals surface area contributed by atoms with E-state index in [2.05, 4.69) is 59.5 Å². The molecule has 268 valence electrons. The van der Waals surface area contributed by atoms with Crippen molar-refractivity contribution in [1.82, 2.24) is 10.2 Å². The molecule has 0 aliphatic heterocycles. The average Bonchev–Trinajstić information content (AvgIpc) is 3.46. The van der Waals surface area contributed by atoms with E-state index in [4.69, 9.17) is 0 Å². The number of likely N-dealkylation sites (N-methyl/N-ethyl adjacent to an activating group) is 1. The molecule has 4 fully saturated rings. The Morgan fingerprint density at radius 2 is 1.63 bits per heavy atom. The van der Waals surface area contributed by atoms with Gasteiger partial charge in [0, 0.05) is 27.1 Å². The van der Waals surface area contributed by atoms with Crippen LogP contribution >= 0.6 is 0 Å². The normalized spacial score (nSPS) is 38.9. The lowest BCUT2D eigenvalue weighted by Gasteiger charge is -2.73. The Hall–Kier alpha value is -2.89. The van der Waals surface area contributed by atoms with E-state index in [-0.39, 0.29) is 38.9 Å². The highest BCUT2D eigenvalue weighted by molar-refractivity contribution is 5.88. The van der Waals surface area contributed by atoms with Crippen LogP contribution < -0.4 is 5.32 Å². The molecule has 0 heterocycles. The van der Waals surface area contributed by atoms with Crippen LogP contribution in [0, 0.1) is 56.7 Å². The van der Waals surface area contributed by atoms with Gasteiger partial charge in [0.2, 0.25) is 11.8 Å². The van der Waals surface area contributed by atoms with Gasteiger partial charge in [-0.2, -0.15) is 0 Å². The summed E-state index contributed by atoms with van der Waals surface area (Å²) in [5.41, 5.74) is 4.27. The summed E-state index contributed by atoms with van der Waals surface area (Å²) >= 11 is 0. The number of nitrogens with zero attached hydrogens (tertiary/aromatic N) is 1. The summed E-state index contributed by atoms with van der Waals surface area (Å²) in [5.74, 6) is 1.69. The number of carboxylic acid groups (broad SMARTS) is 1. The zero-order chi connectivity index (χ0) is 35.7. The Kier molecular flexibility index (Phi) is 9.09. The molecule has 0 bridgehead atoms. The van der Waals surface area contributed by atoms with Crippen molar-refractivity contribution < 1.29 is 19.5 Å². The topological polar surface area (TPSA) is 86.7 Å². The van der Waals surface area contributed by atoms with E-state index < -0.39 is 5.97 Å². The summed E-state index contributed by atoms with van der Waals surface area (Å²) < 4.78 is 0. The van der Waals surface area contributed by atoms with E-state index in [0.29, 0.717) is 48.2 Å². The predicted octanol–water partition coefficient (Wildman–Crippen LogP) is 9.02. The van der Waals surface area contributed by atoms with Gasteiger partial charge in [-0.25, -0.2) is 4.79 Å². The number of benzene rings is 1. The van der Waals surface area contributed by atoms with Crippen LogP contribution in [-0.2, 0) is 9.59 Å². The summed E-state index contributed by atoms with van der Waals surface area (Å²) in [6.07, 6.45) is 13.6. The van der Waals surface area contributed by atoms with Crippen LogP contribution in [-0.4, -0.2) is 47.9 Å². The van der Waals surface area contributed by atoms with Crippen LogP contribution in [0.15, 0.2) is 42.5 Å². The molecule has 5 aliphatic carbocycles. The number of hydrogen-bond acceptors (Lipinski definition) is 3. The molecular weight excluding hydrogens is 608 g/mol. The molecule has 0 aromatic heterocycles. The zero-order valence-electron chi connectivity index (χ0n) is 31.6. The first kappa shape index (κ1) is 35.9. The van der Waals surface area contributed by atoms with E-state index in [1.165, 1.54) is 36.8 Å². The number of carbonyl (C=O) groups is 3. The number of allylic oxidation sites excluding steroid dienone is 3. The fourth-order valence-corrected chi connectivity index (χ4v) is 13.7. The van der Waals surface area contributed by atoms with Crippen molar-refractivity contribution in [3.8, 4) is 0 Å². The summed E-state index contributed by atoms with van der Waals surface area (Å²) in [6, 6.07) is 7.52. The van der Waals surface area contributed by atoms with Gasteiger partial charge in [0.15, 0.2) is 0 Å². The standard InChI is InChI=1S/C43H62N2O4/c1-10-43-24-23-42(38(49)44-25-26-45(9)28(4)46)22-17-31(27(2)3)36(42)33(43)15-16-35-40(7)20-18-32(29-11-13-30(14-12-29)37(47)48)39(5,6)34(40)19-21-41(35,43)8/h11-14,18,31,33-36H,2,10,15-17,19-26H2,1,3-9H3,(H,44,49)(H,47,48). The molecule has 0 saturated heterocycles. The Labute approximate surface area is 295 Å². The van der Waals surface area contributed by atoms with Crippen LogP contribution in [0.2, 0.25) is 0 Å². The molecule has 2 amide bonds. The van der Waals surface area contributed by atoms with Gasteiger partial charge in [0.05, 0.1) is 11.0 Å². The predicted molar refractivity (Wildman–Crippen MR) is 197 cm³/mol. The van der Waals surface area contributed by atoms with Crippen molar-refractivity contribution in [2.75, 3.05) is 20.1 Å². The molecule has 9 atom stereocenters. The van der Waals surface area contributed by atoms with Crippen LogP contribution in [0.1, 0.15) is 129 Å². The highest BCUT2D eigenvalue weighted by Crippen LogP contribution is 2.78. The lowest BCUT2D eigenvalue weighted by molar-refractivity contribution is -0.233. The highest BCUT2D eigenvalue weighted by Gasteiger charge is 2.72. The highest BCUT2D eigenvalue weighted by atomic mass is 16.4. The number of fused-ring (bicyclic) bond motifs is 7. The molecule has 0 radical (unpaired) electrons. The Morgan fingerprint density at radius 1 is 0.939 bits per heavy atom. The molecule has 1 aromatic rings. The second-order valence-corrected chi connectivity index (χ2v) is 18.1. The smallest absolute Gasteiger partial charge is 0.335 e. The Balaban J connectivity index is 1.33. The monoisotopic (exact) mass is 670 g/mol. The Morgan fingerprint density at radius 3 is 2.24 bits per heavy atom. The number of hydrogen-bond donors (Lipinski definition) is 2. The van der Waals surface area contributed by atoms with E-state index in [0.717, 1.165) is 44.1 Å². The average molecular weight is 671 g/mol. The first-order valence-electron chi connectivity index (χ1n) is 19.2. The number of carboxylic acids is 1. The number of carbonyl (C=O) groups excluding carboxylic acids is 2. The van der Waals surface area contributed by atoms with Crippen LogP contribution in [0.25, 0.3) is 5.57 Å². The van der Waals surface area contributed by atoms with E-state index in [1.807, 2.05) is 12.1 Å². The Bertz CT molecular complexity index is 1540. The quantitative estimate of drug-likeness (QED) is 0.270. The SMILES string of the molecule is C=C(C)C1CCC2(C(=O)NCCN(C)C(C)=O)CCC3(CC)C(CCC4C5(C)CC=C(c6ccc(C(=O)O)cc6)C(C)(C)C5CCC43C)C12. The van der Waals surface area contributed by atoms with Gasteiger partial charge in [-0.05, 0) is 146 Å². The third kappa shape index (κ3) is 5.19. The summed E-state index contributed by atoms with van der Waals surface area (Å²) in [6.45, 7) is 21.9. The maximum atomic E-state index is 14.4. The van der Waals surface area contributed by atoms with Gasteiger partial charge in [-0.1, -0.05) is 65.0 Å². The second kappa shape index (κ2) is 12.4. The minimum Gasteiger partial charge on any atom is -0.478 e. The maximum absolute atomic E-state index is 14.4. The van der Waals surface area contributed by atoms with Crippen molar-refractivity contribution in [2.24, 2.45) is 56.7 Å². The van der Waals surface area contributed by atoms with Gasteiger partial charge in [0.25, 0.3) is 0 Å². The molecular formula is C43H62N2O4. The van der Waals surface area contributed by atoms with E-state index in [1.54, 1.807) is 31.0 Å². The summed E-state index contributed by atoms with van der Waals surface area (Å²) in [4.78, 5) is 39.5. The second-order valence-electron chi connectivity index (χ2n) is 18.1. The van der Waals surface area contributed by atoms with E-state index >= 15 is 0 Å². The minimum atomic E-state index is -0.881. The lowest BCUT2D eigenvalue weighted by Crippen LogP contribution is -2.67. The number of amides is 2. The summed E-state index contributed by atoms with van der Waals surface area (Å²) in [5, 5.41) is 12.8. The molecule has 9 unspecified atom stereocenters. The van der Waals surface area contributed by atoms with Gasteiger partial charge < -0.3 is 15.3 Å². The fourth-order valence-electron chi connectivity index (χ4n) is 13.7. The van der Waals surface area contributed by atoms with Gasteiger partial charge in [-0.15, -0.1) is 0 Å². The van der Waals surface area contributed by atoms with Crippen LogP contribution in [0.4, 0.5) is 0 Å². The van der Waals surface area contributed by atoms with Crippen molar-refractivity contribution >= 4 is 23.4 Å². The molecule has 1 aromatic carbocycles. The number of aromatic carboxylic acids is 1. The maximum Gasteiger partial charge on any atom is 0.335 e. The zero-order valence-corrected chi connectivity index (χ0v) is 31.6. The van der Waals surface area contributed by atoms with Crippen molar-refractivity contribution in [2.45, 2.75) is 113 Å². The van der Waals surface area contributed by atoms with E-state index in [9.17, 15) is 19.5 Å². The first-order valence-corrected chi connectivity index (χ1v) is 19.2. The number of nitrogens with one attached hydrogen (secondary N) is 1. The molecule has 0 spiro atoms. The number of rotatable bonds is 8. The molecule has 4 saturated carbocycles. The minimum absolute atomic E-state index is 0.0229. The largest absolute Gasteiger partial charge is 0.478 e. The van der Waals surface area contributed by atoms with Crippen LogP contribution in [0.5, 0.6) is 0 Å².